The first kappa shape index (κ1) is 42.8. The summed E-state index contributed by atoms with van der Waals surface area (Å²) in [5.41, 5.74) is 14.7. The van der Waals surface area contributed by atoms with Crippen molar-refractivity contribution in [1.82, 2.24) is 5.01 Å². The van der Waals surface area contributed by atoms with E-state index >= 15 is 0 Å². The molecule has 0 spiro atoms. The first-order valence-corrected chi connectivity index (χ1v) is 17.8. The minimum atomic E-state index is -0.617. The number of nitrogens with two attached hydrogens (primary N) is 1. The molecular weight excluding hydrogens is 650 g/mol. The smallest absolute Gasteiger partial charge is 0.314 e. The molecule has 0 saturated carbocycles. The fourth-order valence-electron chi connectivity index (χ4n) is 5.75. The van der Waals surface area contributed by atoms with Crippen LogP contribution in [-0.4, -0.2) is 53.4 Å². The molecule has 4 aromatic rings. The van der Waals surface area contributed by atoms with Crippen LogP contribution in [0.2, 0.25) is 0 Å². The molecule has 0 aromatic heterocycles. The highest BCUT2D eigenvalue weighted by Crippen LogP contribution is 2.22. The molecule has 0 aliphatic carbocycles. The minimum absolute atomic E-state index is 0.121. The van der Waals surface area contributed by atoms with E-state index in [0.717, 1.165) is 62.4 Å². The van der Waals surface area contributed by atoms with Gasteiger partial charge in [0.2, 0.25) is 11.6 Å². The SMILES string of the molecule is CC(=O)c1ccccc1.CCc1cc(C)cc(CC)c1C(=O)C(=O)CN.CCc1cc(C)cc(CC)c1C(=O)C(=O)N(C)N=C(C)c1ccccc1. The molecule has 0 fully saturated rings. The van der Waals surface area contributed by atoms with Crippen LogP contribution in [0.25, 0.3) is 0 Å². The van der Waals surface area contributed by atoms with E-state index in [1.807, 2.05) is 133 Å². The van der Waals surface area contributed by atoms with Gasteiger partial charge >= 0.3 is 5.91 Å². The van der Waals surface area contributed by atoms with Gasteiger partial charge in [-0.1, -0.05) is 124 Å². The van der Waals surface area contributed by atoms with Crippen molar-refractivity contribution >= 4 is 34.8 Å². The maximum absolute atomic E-state index is 12.9. The van der Waals surface area contributed by atoms with Gasteiger partial charge in [-0.2, -0.15) is 5.10 Å². The van der Waals surface area contributed by atoms with Crippen molar-refractivity contribution in [2.24, 2.45) is 10.8 Å². The van der Waals surface area contributed by atoms with Gasteiger partial charge in [-0.3, -0.25) is 24.0 Å². The lowest BCUT2D eigenvalue weighted by Crippen LogP contribution is -2.31. The van der Waals surface area contributed by atoms with Crippen LogP contribution in [0.4, 0.5) is 0 Å². The highest BCUT2D eigenvalue weighted by Gasteiger charge is 2.25. The number of Topliss-reactive ketones (excluding diaryl/α,β-unsaturated/α-hetero) is 4. The Hall–Kier alpha value is -5.34. The molecule has 52 heavy (non-hydrogen) atoms. The molecule has 4 rings (SSSR count). The molecule has 0 bridgehead atoms. The number of likely N-dealkylation sites (N-methyl/N-ethyl adjacent to an activating group) is 1. The number of hydrogen-bond donors (Lipinski definition) is 1. The summed E-state index contributed by atoms with van der Waals surface area (Å²) in [5.74, 6) is -1.95. The largest absolute Gasteiger partial charge is 0.324 e. The second-order valence-electron chi connectivity index (χ2n) is 12.4. The summed E-state index contributed by atoms with van der Waals surface area (Å²) in [6.07, 6.45) is 2.90. The number of carbonyl (C=O) groups excluding carboxylic acids is 5. The fraction of sp³-hybridized carbons (Fsp3) is 0.318. The van der Waals surface area contributed by atoms with Gasteiger partial charge in [0.15, 0.2) is 5.78 Å². The van der Waals surface area contributed by atoms with E-state index < -0.39 is 23.3 Å². The Morgan fingerprint density at radius 2 is 0.962 bits per heavy atom. The molecule has 4 aromatic carbocycles. The second kappa shape index (κ2) is 21.1. The monoisotopic (exact) mass is 703 g/mol. The van der Waals surface area contributed by atoms with Crippen molar-refractivity contribution in [2.45, 2.75) is 81.1 Å². The first-order chi connectivity index (χ1) is 24.7. The summed E-state index contributed by atoms with van der Waals surface area (Å²) in [7, 11) is 1.53. The Balaban J connectivity index is 0.000000306. The number of aryl methyl sites for hydroxylation is 6. The topological polar surface area (TPSA) is 127 Å². The van der Waals surface area contributed by atoms with Gasteiger partial charge in [-0.15, -0.1) is 0 Å². The molecule has 8 nitrogen and oxygen atoms in total. The first-order valence-electron chi connectivity index (χ1n) is 17.8. The molecule has 1 amide bonds. The van der Waals surface area contributed by atoms with Crippen molar-refractivity contribution < 1.29 is 24.0 Å². The summed E-state index contributed by atoms with van der Waals surface area (Å²) >= 11 is 0. The average Bonchev–Trinajstić information content (AvgIpc) is 3.16. The lowest BCUT2D eigenvalue weighted by Gasteiger charge is -2.16. The van der Waals surface area contributed by atoms with Gasteiger partial charge in [-0.05, 0) is 81.2 Å². The van der Waals surface area contributed by atoms with Gasteiger partial charge in [-0.25, -0.2) is 5.01 Å². The highest BCUT2D eigenvalue weighted by atomic mass is 16.2. The molecule has 0 heterocycles. The molecule has 2 N–H and O–H groups in total. The molecule has 8 heteroatoms. The van der Waals surface area contributed by atoms with Crippen molar-refractivity contribution in [1.29, 1.82) is 0 Å². The number of hydrogen-bond acceptors (Lipinski definition) is 7. The molecule has 0 saturated heterocycles. The number of amides is 1. The van der Waals surface area contributed by atoms with Crippen LogP contribution in [0.5, 0.6) is 0 Å². The lowest BCUT2D eigenvalue weighted by molar-refractivity contribution is -0.125. The zero-order valence-corrected chi connectivity index (χ0v) is 32.1. The molecular formula is C44H53N3O5. The summed E-state index contributed by atoms with van der Waals surface area (Å²) in [4.78, 5) is 59.7. The number of carbonyl (C=O) groups is 5. The molecule has 0 radical (unpaired) electrons. The molecule has 0 unspecified atom stereocenters. The zero-order valence-electron chi connectivity index (χ0n) is 32.1. The number of benzene rings is 4. The van der Waals surface area contributed by atoms with Gasteiger partial charge in [0.1, 0.15) is 0 Å². The van der Waals surface area contributed by atoms with E-state index in [1.54, 1.807) is 6.92 Å². The molecule has 0 atom stereocenters. The number of hydrazone groups is 1. The van der Waals surface area contributed by atoms with Crippen LogP contribution >= 0.6 is 0 Å². The Kier molecular flexibility index (Phi) is 17.4. The predicted octanol–water partition coefficient (Wildman–Crippen LogP) is 7.90. The van der Waals surface area contributed by atoms with E-state index in [2.05, 4.69) is 5.10 Å². The van der Waals surface area contributed by atoms with E-state index in [1.165, 1.54) is 7.05 Å². The molecule has 274 valence electrons. The maximum Gasteiger partial charge on any atom is 0.314 e. The second-order valence-corrected chi connectivity index (χ2v) is 12.4. The number of rotatable bonds is 12. The van der Waals surface area contributed by atoms with Crippen LogP contribution in [0.1, 0.15) is 112 Å². The quantitative estimate of drug-likeness (QED) is 0.0692. The van der Waals surface area contributed by atoms with E-state index in [0.29, 0.717) is 29.7 Å². The van der Waals surface area contributed by atoms with E-state index in [9.17, 15) is 24.0 Å². The van der Waals surface area contributed by atoms with Crippen LogP contribution in [0.15, 0.2) is 90.0 Å². The third-order valence-electron chi connectivity index (χ3n) is 8.47. The zero-order chi connectivity index (χ0) is 39.0. The predicted molar refractivity (Wildman–Crippen MR) is 210 cm³/mol. The highest BCUT2D eigenvalue weighted by molar-refractivity contribution is 6.45. The van der Waals surface area contributed by atoms with Crippen LogP contribution in [-0.2, 0) is 35.3 Å². The van der Waals surface area contributed by atoms with Gasteiger partial charge < -0.3 is 5.73 Å². The molecule has 0 aliphatic rings. The van der Waals surface area contributed by atoms with E-state index in [-0.39, 0.29) is 12.3 Å². The van der Waals surface area contributed by atoms with Crippen LogP contribution in [0, 0.1) is 13.8 Å². The number of nitrogens with zero attached hydrogens (tertiary/aromatic N) is 2. The lowest BCUT2D eigenvalue weighted by atomic mass is 9.91. The average molecular weight is 704 g/mol. The van der Waals surface area contributed by atoms with Gasteiger partial charge in [0.25, 0.3) is 5.78 Å². The van der Waals surface area contributed by atoms with Gasteiger partial charge in [0.05, 0.1) is 12.3 Å². The Bertz CT molecular complexity index is 1850. The van der Waals surface area contributed by atoms with Crippen molar-refractivity contribution in [3.8, 4) is 0 Å². The Labute approximate surface area is 309 Å². The summed E-state index contributed by atoms with van der Waals surface area (Å²) in [6.45, 7) is 15.1. The van der Waals surface area contributed by atoms with Crippen molar-refractivity contribution in [3.63, 3.8) is 0 Å². The standard InChI is InChI=1S/C22H26N2O2.C14H19NO2.C8H8O/c1-6-17-13-15(3)14-18(7-2)20(17)21(25)22(26)24(5)23-16(4)19-11-9-8-10-12-19;1-4-10-6-9(3)7-11(5-2)13(10)14(17)12(16)8-15;1-7(9)8-5-3-2-4-6-8/h8-14H,6-7H2,1-5H3;6-7H,4-5,8,15H2,1-3H3;2-6H,1H3. The third-order valence-corrected chi connectivity index (χ3v) is 8.47. The Morgan fingerprint density at radius 1 is 0.596 bits per heavy atom. The minimum Gasteiger partial charge on any atom is -0.324 e. The van der Waals surface area contributed by atoms with Crippen molar-refractivity contribution in [2.75, 3.05) is 13.6 Å². The van der Waals surface area contributed by atoms with Crippen LogP contribution < -0.4 is 5.73 Å². The van der Waals surface area contributed by atoms with E-state index in [4.69, 9.17) is 5.73 Å². The Morgan fingerprint density at radius 3 is 1.29 bits per heavy atom. The third kappa shape index (κ3) is 11.9. The molecule has 0 aliphatic heterocycles. The summed E-state index contributed by atoms with van der Waals surface area (Å²) < 4.78 is 0. The van der Waals surface area contributed by atoms with Gasteiger partial charge in [0, 0.05) is 23.7 Å². The number of ketones is 4. The maximum atomic E-state index is 12.9. The summed E-state index contributed by atoms with van der Waals surface area (Å²) in [5, 5.41) is 5.44. The van der Waals surface area contributed by atoms with Crippen LogP contribution in [0.3, 0.4) is 0 Å². The van der Waals surface area contributed by atoms with Crippen molar-refractivity contribution in [3.05, 3.63) is 141 Å². The fourth-order valence-corrected chi connectivity index (χ4v) is 5.75. The normalized spacial score (nSPS) is 10.6. The summed E-state index contributed by atoms with van der Waals surface area (Å²) in [6, 6.07) is 26.7.